The summed E-state index contributed by atoms with van der Waals surface area (Å²) in [5, 5.41) is 7.85. The average Bonchev–Trinajstić information content (AvgIpc) is 2.97. The van der Waals surface area contributed by atoms with Crippen molar-refractivity contribution in [2.24, 2.45) is 17.8 Å². The van der Waals surface area contributed by atoms with E-state index in [1.165, 1.54) is 44.3 Å². The smallest absolute Gasteiger partial charge is 0.244 e. The van der Waals surface area contributed by atoms with Crippen LogP contribution in [0.1, 0.15) is 44.3 Å². The van der Waals surface area contributed by atoms with Gasteiger partial charge in [0, 0.05) is 18.5 Å². The molecule has 4 aliphatic carbocycles. The molecule has 1 aromatic heterocycles. The monoisotopic (exact) mass is 288 g/mol. The van der Waals surface area contributed by atoms with Gasteiger partial charge in [-0.2, -0.15) is 4.98 Å². The second-order valence-electron chi connectivity index (χ2n) is 7.78. The van der Waals surface area contributed by atoms with Crippen LogP contribution in [0.5, 0.6) is 0 Å². The molecule has 5 heteroatoms. The maximum Gasteiger partial charge on any atom is 0.244 e. The van der Waals surface area contributed by atoms with Crippen molar-refractivity contribution in [3.63, 3.8) is 0 Å². The summed E-state index contributed by atoms with van der Waals surface area (Å²) in [6.07, 6.45) is 8.46. The van der Waals surface area contributed by atoms with Gasteiger partial charge in [0.2, 0.25) is 5.95 Å². The highest BCUT2D eigenvalue weighted by Gasteiger charge is 2.53. The third-order valence-electron chi connectivity index (χ3n) is 6.31. The van der Waals surface area contributed by atoms with Crippen LogP contribution in [0, 0.1) is 17.8 Å². The summed E-state index contributed by atoms with van der Waals surface area (Å²) >= 11 is 0. The summed E-state index contributed by atoms with van der Waals surface area (Å²) in [6, 6.07) is 0. The summed E-state index contributed by atoms with van der Waals surface area (Å²) in [7, 11) is 0. The molecule has 1 saturated heterocycles. The summed E-state index contributed by atoms with van der Waals surface area (Å²) in [6.45, 7) is 3.42. The van der Waals surface area contributed by atoms with E-state index < -0.39 is 0 Å². The van der Waals surface area contributed by atoms with Crippen LogP contribution in [0.15, 0.2) is 0 Å². The summed E-state index contributed by atoms with van der Waals surface area (Å²) < 4.78 is 5.42. The van der Waals surface area contributed by atoms with Gasteiger partial charge in [0.15, 0.2) is 0 Å². The van der Waals surface area contributed by atoms with Gasteiger partial charge in [-0.15, -0.1) is 5.10 Å². The highest BCUT2D eigenvalue weighted by atomic mass is 16.5. The number of aromatic nitrogens is 3. The van der Waals surface area contributed by atoms with Crippen LogP contribution >= 0.6 is 0 Å². The molecule has 0 unspecified atom stereocenters. The molecule has 114 valence electrons. The Labute approximate surface area is 125 Å². The maximum absolute atomic E-state index is 5.42. The van der Waals surface area contributed by atoms with E-state index in [0.717, 1.165) is 50.0 Å². The summed E-state index contributed by atoms with van der Waals surface area (Å²) in [5.74, 6) is 4.93. The molecule has 1 aromatic rings. The number of nitrogens with one attached hydrogen (secondary N) is 1. The maximum atomic E-state index is 5.42. The van der Waals surface area contributed by atoms with E-state index in [2.05, 4.69) is 15.1 Å². The first-order valence-electron chi connectivity index (χ1n) is 8.56. The first kappa shape index (κ1) is 12.4. The molecule has 6 rings (SSSR count). The van der Waals surface area contributed by atoms with Crippen molar-refractivity contribution in [3.05, 3.63) is 5.82 Å². The van der Waals surface area contributed by atoms with Gasteiger partial charge in [-0.1, -0.05) is 0 Å². The van der Waals surface area contributed by atoms with E-state index >= 15 is 0 Å². The van der Waals surface area contributed by atoms with Gasteiger partial charge in [0.25, 0.3) is 0 Å². The van der Waals surface area contributed by atoms with Gasteiger partial charge < -0.3 is 9.64 Å². The first-order valence-corrected chi connectivity index (χ1v) is 8.56. The quantitative estimate of drug-likeness (QED) is 0.905. The SMILES string of the molecule is C1CN(c2n[nH]c(C34CC5CC(CC(C5)C3)C4)n2)CCO1. The largest absolute Gasteiger partial charge is 0.378 e. The van der Waals surface area contributed by atoms with Crippen molar-refractivity contribution in [3.8, 4) is 0 Å². The van der Waals surface area contributed by atoms with Crippen molar-refractivity contribution < 1.29 is 4.74 Å². The fourth-order valence-electron chi connectivity index (χ4n) is 5.80. The van der Waals surface area contributed by atoms with Gasteiger partial charge in [0.05, 0.1) is 13.2 Å². The Morgan fingerprint density at radius 3 is 2.24 bits per heavy atom. The van der Waals surface area contributed by atoms with Crippen LogP contribution < -0.4 is 4.90 Å². The second kappa shape index (κ2) is 4.45. The lowest BCUT2D eigenvalue weighted by Crippen LogP contribution is -2.49. The van der Waals surface area contributed by atoms with Crippen molar-refractivity contribution >= 4 is 5.95 Å². The molecule has 5 nitrogen and oxygen atoms in total. The van der Waals surface area contributed by atoms with Crippen molar-refractivity contribution in [2.45, 2.75) is 43.9 Å². The zero-order chi connectivity index (χ0) is 13.9. The number of aromatic amines is 1. The molecule has 1 aliphatic heterocycles. The molecular weight excluding hydrogens is 264 g/mol. The molecule has 21 heavy (non-hydrogen) atoms. The Morgan fingerprint density at radius 1 is 1.00 bits per heavy atom. The minimum absolute atomic E-state index is 0.326. The van der Waals surface area contributed by atoms with Crippen LogP contribution in [0.25, 0.3) is 0 Å². The predicted octanol–water partition coefficient (Wildman–Crippen LogP) is 2.11. The molecular formula is C16H24N4O. The number of hydrogen-bond donors (Lipinski definition) is 1. The van der Waals surface area contributed by atoms with E-state index in [1.54, 1.807) is 0 Å². The summed E-state index contributed by atoms with van der Waals surface area (Å²) in [4.78, 5) is 7.18. The van der Waals surface area contributed by atoms with E-state index in [0.29, 0.717) is 5.41 Å². The molecule has 0 amide bonds. The minimum Gasteiger partial charge on any atom is -0.378 e. The molecule has 2 heterocycles. The molecule has 1 N–H and O–H groups in total. The highest BCUT2D eigenvalue weighted by Crippen LogP contribution is 2.60. The fraction of sp³-hybridized carbons (Fsp3) is 0.875. The van der Waals surface area contributed by atoms with Gasteiger partial charge in [-0.3, -0.25) is 5.10 Å². The molecule has 0 spiro atoms. The van der Waals surface area contributed by atoms with E-state index in [9.17, 15) is 0 Å². The van der Waals surface area contributed by atoms with Crippen LogP contribution in [0.3, 0.4) is 0 Å². The normalized spacial score (nSPS) is 41.7. The van der Waals surface area contributed by atoms with Gasteiger partial charge in [-0.05, 0) is 56.3 Å². The topological polar surface area (TPSA) is 54.0 Å². The van der Waals surface area contributed by atoms with Gasteiger partial charge >= 0.3 is 0 Å². The van der Waals surface area contributed by atoms with Gasteiger partial charge in [0.1, 0.15) is 5.82 Å². The van der Waals surface area contributed by atoms with E-state index in [1.807, 2.05) is 0 Å². The zero-order valence-corrected chi connectivity index (χ0v) is 12.6. The standard InChI is InChI=1S/C16H24N4O/c1-3-21-4-2-20(1)15-17-14(18-19-15)16-8-11-5-12(9-16)7-13(6-11)10-16/h11-13H,1-10H2,(H,17,18,19). The lowest BCUT2D eigenvalue weighted by Gasteiger charge is -2.55. The number of ether oxygens (including phenoxy) is 1. The highest BCUT2D eigenvalue weighted by molar-refractivity contribution is 5.31. The second-order valence-corrected chi connectivity index (χ2v) is 7.78. The number of anilines is 1. The molecule has 4 bridgehead atoms. The first-order chi connectivity index (χ1) is 10.3. The van der Waals surface area contributed by atoms with E-state index in [-0.39, 0.29) is 0 Å². The molecule has 5 aliphatic rings. The number of hydrogen-bond acceptors (Lipinski definition) is 4. The Hall–Kier alpha value is -1.10. The van der Waals surface area contributed by atoms with Crippen LogP contribution in [0.4, 0.5) is 5.95 Å². The number of rotatable bonds is 2. The third-order valence-corrected chi connectivity index (χ3v) is 6.31. The molecule has 0 atom stereocenters. The van der Waals surface area contributed by atoms with E-state index in [4.69, 9.17) is 9.72 Å². The Balaban J connectivity index is 1.44. The predicted molar refractivity (Wildman–Crippen MR) is 79.3 cm³/mol. The van der Waals surface area contributed by atoms with Crippen molar-refractivity contribution in [2.75, 3.05) is 31.2 Å². The number of morpholine rings is 1. The third kappa shape index (κ3) is 1.93. The van der Waals surface area contributed by atoms with Crippen LogP contribution in [-0.4, -0.2) is 41.5 Å². The molecule has 4 saturated carbocycles. The van der Waals surface area contributed by atoms with Crippen LogP contribution in [0.2, 0.25) is 0 Å². The molecule has 5 fully saturated rings. The number of H-pyrrole nitrogens is 1. The zero-order valence-electron chi connectivity index (χ0n) is 12.6. The summed E-state index contributed by atoms with van der Waals surface area (Å²) in [5.41, 5.74) is 0.326. The minimum atomic E-state index is 0.326. The molecule has 0 radical (unpaired) electrons. The Morgan fingerprint density at radius 2 is 1.62 bits per heavy atom. The lowest BCUT2D eigenvalue weighted by atomic mass is 9.49. The average molecular weight is 288 g/mol. The van der Waals surface area contributed by atoms with Crippen LogP contribution in [-0.2, 0) is 10.2 Å². The Kier molecular flexibility index (Phi) is 2.64. The Bertz CT molecular complexity index is 499. The fourth-order valence-corrected chi connectivity index (χ4v) is 5.80. The number of nitrogens with zero attached hydrogens (tertiary/aromatic N) is 3. The van der Waals surface area contributed by atoms with Crippen molar-refractivity contribution in [1.82, 2.24) is 15.2 Å². The lowest BCUT2D eigenvalue weighted by molar-refractivity contribution is -0.00921. The molecule has 0 aromatic carbocycles. The van der Waals surface area contributed by atoms with Crippen molar-refractivity contribution in [1.29, 1.82) is 0 Å². The van der Waals surface area contributed by atoms with Gasteiger partial charge in [-0.25, -0.2) is 0 Å².